The van der Waals surface area contributed by atoms with Crippen molar-refractivity contribution in [1.82, 2.24) is 10.2 Å². The van der Waals surface area contributed by atoms with Gasteiger partial charge in [0, 0.05) is 32.7 Å². The van der Waals surface area contributed by atoms with Gasteiger partial charge >= 0.3 is 0 Å². The summed E-state index contributed by atoms with van der Waals surface area (Å²) in [6.07, 6.45) is 3.54. The van der Waals surface area contributed by atoms with Crippen LogP contribution in [0.3, 0.4) is 0 Å². The average molecular weight is 228 g/mol. The molecule has 0 saturated carbocycles. The van der Waals surface area contributed by atoms with Crippen LogP contribution in [0.25, 0.3) is 5.57 Å². The van der Waals surface area contributed by atoms with Crippen LogP contribution in [-0.4, -0.2) is 37.6 Å². The normalized spacial score (nSPS) is 20.2. The Kier molecular flexibility index (Phi) is 3.00. The van der Waals surface area contributed by atoms with Crippen molar-refractivity contribution in [2.45, 2.75) is 13.3 Å². The summed E-state index contributed by atoms with van der Waals surface area (Å²) in [6, 6.07) is 6.69. The SMILES string of the molecule is Cc1cccc2c1CC=C2CN1CCNCC1. The lowest BCUT2D eigenvalue weighted by molar-refractivity contribution is 0.268. The first kappa shape index (κ1) is 11.0. The number of allylic oxidation sites excluding steroid dienone is 1. The minimum Gasteiger partial charge on any atom is -0.314 e. The highest BCUT2D eigenvalue weighted by atomic mass is 15.2. The second kappa shape index (κ2) is 4.63. The molecule has 17 heavy (non-hydrogen) atoms. The third kappa shape index (κ3) is 2.15. The van der Waals surface area contributed by atoms with Gasteiger partial charge in [-0.25, -0.2) is 0 Å². The highest BCUT2D eigenvalue weighted by Crippen LogP contribution is 2.30. The number of fused-ring (bicyclic) bond motifs is 1. The molecule has 1 aliphatic carbocycles. The van der Waals surface area contributed by atoms with E-state index in [4.69, 9.17) is 0 Å². The molecular formula is C15H20N2. The highest BCUT2D eigenvalue weighted by molar-refractivity contribution is 5.75. The lowest BCUT2D eigenvalue weighted by atomic mass is 10.0. The summed E-state index contributed by atoms with van der Waals surface area (Å²) < 4.78 is 0. The number of hydrogen-bond acceptors (Lipinski definition) is 2. The molecule has 0 unspecified atom stereocenters. The van der Waals surface area contributed by atoms with Gasteiger partial charge in [0.05, 0.1) is 0 Å². The molecule has 0 amide bonds. The second-order valence-electron chi connectivity index (χ2n) is 5.06. The molecule has 2 aliphatic rings. The summed E-state index contributed by atoms with van der Waals surface area (Å²) in [5, 5.41) is 3.41. The lowest BCUT2D eigenvalue weighted by Crippen LogP contribution is -2.43. The van der Waals surface area contributed by atoms with Gasteiger partial charge in [-0.3, -0.25) is 4.90 Å². The zero-order chi connectivity index (χ0) is 11.7. The lowest BCUT2D eigenvalue weighted by Gasteiger charge is -2.27. The van der Waals surface area contributed by atoms with E-state index in [1.165, 1.54) is 35.4 Å². The Hall–Kier alpha value is -1.12. The Morgan fingerprint density at radius 2 is 2.06 bits per heavy atom. The van der Waals surface area contributed by atoms with Crippen LogP contribution in [0.1, 0.15) is 16.7 Å². The van der Waals surface area contributed by atoms with Crippen LogP contribution in [0, 0.1) is 6.92 Å². The second-order valence-corrected chi connectivity index (χ2v) is 5.06. The van der Waals surface area contributed by atoms with Crippen LogP contribution in [0.5, 0.6) is 0 Å². The zero-order valence-corrected chi connectivity index (χ0v) is 10.5. The van der Waals surface area contributed by atoms with Gasteiger partial charge in [0.25, 0.3) is 0 Å². The van der Waals surface area contributed by atoms with Crippen molar-refractivity contribution in [1.29, 1.82) is 0 Å². The predicted molar refractivity (Wildman–Crippen MR) is 72.2 cm³/mol. The zero-order valence-electron chi connectivity index (χ0n) is 10.5. The molecule has 1 aromatic carbocycles. The average Bonchev–Trinajstić information content (AvgIpc) is 2.76. The van der Waals surface area contributed by atoms with Crippen LogP contribution in [0.2, 0.25) is 0 Å². The summed E-state index contributed by atoms with van der Waals surface area (Å²) in [5.41, 5.74) is 6.00. The number of hydrogen-bond donors (Lipinski definition) is 1. The summed E-state index contributed by atoms with van der Waals surface area (Å²) >= 11 is 0. The smallest absolute Gasteiger partial charge is 0.0237 e. The van der Waals surface area contributed by atoms with Gasteiger partial charge in [-0.1, -0.05) is 24.3 Å². The molecule has 1 saturated heterocycles. The first-order valence-corrected chi connectivity index (χ1v) is 6.55. The fourth-order valence-electron chi connectivity index (χ4n) is 2.87. The Labute approximate surface area is 103 Å². The van der Waals surface area contributed by atoms with Crippen molar-refractivity contribution in [3.8, 4) is 0 Å². The van der Waals surface area contributed by atoms with Gasteiger partial charge in [0.15, 0.2) is 0 Å². The molecule has 0 atom stereocenters. The molecular weight excluding hydrogens is 208 g/mol. The van der Waals surface area contributed by atoms with Crippen LogP contribution in [0.4, 0.5) is 0 Å². The van der Waals surface area contributed by atoms with E-state index in [-0.39, 0.29) is 0 Å². The monoisotopic (exact) mass is 228 g/mol. The maximum atomic E-state index is 3.41. The molecule has 1 aliphatic heterocycles. The summed E-state index contributed by atoms with van der Waals surface area (Å²) in [4.78, 5) is 2.56. The van der Waals surface area contributed by atoms with E-state index in [2.05, 4.69) is 41.4 Å². The highest BCUT2D eigenvalue weighted by Gasteiger charge is 2.18. The first-order chi connectivity index (χ1) is 8.34. The number of rotatable bonds is 2. The molecule has 2 heteroatoms. The van der Waals surface area contributed by atoms with Crippen LogP contribution in [0.15, 0.2) is 24.3 Å². The summed E-state index contributed by atoms with van der Waals surface area (Å²) in [5.74, 6) is 0. The van der Waals surface area contributed by atoms with Gasteiger partial charge in [0.2, 0.25) is 0 Å². The molecule has 90 valence electrons. The number of piperazine rings is 1. The minimum atomic E-state index is 1.12. The predicted octanol–water partition coefficient (Wildman–Crippen LogP) is 1.84. The van der Waals surface area contributed by atoms with Crippen molar-refractivity contribution in [2.24, 2.45) is 0 Å². The van der Waals surface area contributed by atoms with E-state index in [1.807, 2.05) is 0 Å². The molecule has 1 heterocycles. The van der Waals surface area contributed by atoms with Gasteiger partial charge in [-0.15, -0.1) is 0 Å². The molecule has 1 aromatic rings. The molecule has 1 N–H and O–H groups in total. The molecule has 0 radical (unpaired) electrons. The Balaban J connectivity index is 1.76. The van der Waals surface area contributed by atoms with Gasteiger partial charge in [-0.05, 0) is 35.6 Å². The Morgan fingerprint density at radius 1 is 1.24 bits per heavy atom. The van der Waals surface area contributed by atoms with Gasteiger partial charge < -0.3 is 5.32 Å². The summed E-state index contributed by atoms with van der Waals surface area (Å²) in [7, 11) is 0. The van der Waals surface area contributed by atoms with Crippen LogP contribution in [-0.2, 0) is 6.42 Å². The first-order valence-electron chi connectivity index (χ1n) is 6.55. The molecule has 2 nitrogen and oxygen atoms in total. The maximum Gasteiger partial charge on any atom is 0.0237 e. The van der Waals surface area contributed by atoms with Crippen molar-refractivity contribution < 1.29 is 0 Å². The van der Waals surface area contributed by atoms with Crippen LogP contribution < -0.4 is 5.32 Å². The molecule has 0 bridgehead atoms. The topological polar surface area (TPSA) is 15.3 Å². The maximum absolute atomic E-state index is 3.41. The fraction of sp³-hybridized carbons (Fsp3) is 0.467. The standard InChI is InChI=1S/C15H20N2/c1-12-3-2-4-15-13(5-6-14(12)15)11-17-9-7-16-8-10-17/h2-5,16H,6-11H2,1H3. The number of benzene rings is 1. The molecule has 0 aromatic heterocycles. The van der Waals surface area contributed by atoms with Crippen LogP contribution >= 0.6 is 0 Å². The third-order valence-electron chi connectivity index (χ3n) is 3.91. The van der Waals surface area contributed by atoms with Crippen molar-refractivity contribution >= 4 is 5.57 Å². The summed E-state index contributed by atoms with van der Waals surface area (Å²) in [6.45, 7) is 7.97. The number of aryl methyl sites for hydroxylation is 1. The van der Waals surface area contributed by atoms with E-state index in [9.17, 15) is 0 Å². The molecule has 1 fully saturated rings. The number of nitrogens with one attached hydrogen (secondary N) is 1. The van der Waals surface area contributed by atoms with E-state index < -0.39 is 0 Å². The van der Waals surface area contributed by atoms with E-state index in [0.29, 0.717) is 0 Å². The van der Waals surface area contributed by atoms with E-state index in [1.54, 1.807) is 0 Å². The molecule has 0 spiro atoms. The minimum absolute atomic E-state index is 1.12. The van der Waals surface area contributed by atoms with E-state index in [0.717, 1.165) is 26.1 Å². The van der Waals surface area contributed by atoms with Crippen molar-refractivity contribution in [2.75, 3.05) is 32.7 Å². The number of nitrogens with zero attached hydrogens (tertiary/aromatic N) is 1. The quantitative estimate of drug-likeness (QED) is 0.831. The third-order valence-corrected chi connectivity index (χ3v) is 3.91. The largest absolute Gasteiger partial charge is 0.314 e. The van der Waals surface area contributed by atoms with Crippen molar-refractivity contribution in [3.05, 3.63) is 41.0 Å². The Bertz CT molecular complexity index is 442. The van der Waals surface area contributed by atoms with Gasteiger partial charge in [-0.2, -0.15) is 0 Å². The van der Waals surface area contributed by atoms with E-state index >= 15 is 0 Å². The fourth-order valence-corrected chi connectivity index (χ4v) is 2.87. The molecule has 3 rings (SSSR count). The van der Waals surface area contributed by atoms with Crippen molar-refractivity contribution in [3.63, 3.8) is 0 Å². The Morgan fingerprint density at radius 3 is 2.88 bits per heavy atom. The van der Waals surface area contributed by atoms with Gasteiger partial charge in [0.1, 0.15) is 0 Å².